The Labute approximate surface area is 107 Å². The second-order valence-corrected chi connectivity index (χ2v) is 4.45. The molecule has 0 spiro atoms. The first-order chi connectivity index (χ1) is 8.77. The van der Waals surface area contributed by atoms with Gasteiger partial charge in [0.25, 0.3) is 5.82 Å². The van der Waals surface area contributed by atoms with Crippen molar-refractivity contribution in [1.29, 1.82) is 0 Å². The first-order valence-corrected chi connectivity index (χ1v) is 6.08. The molecule has 0 aliphatic rings. The van der Waals surface area contributed by atoms with Gasteiger partial charge in [0.1, 0.15) is 5.52 Å². The summed E-state index contributed by atoms with van der Waals surface area (Å²) >= 11 is 0. The Bertz CT molecular complexity index is 703. The molecule has 0 radical (unpaired) electrons. The average molecular weight is 235 g/mol. The third-order valence-electron chi connectivity index (χ3n) is 3.33. The molecule has 0 amide bonds. The van der Waals surface area contributed by atoms with Crippen molar-refractivity contribution in [1.82, 2.24) is 4.98 Å². The van der Waals surface area contributed by atoms with Crippen molar-refractivity contribution in [3.05, 3.63) is 60.4 Å². The van der Waals surface area contributed by atoms with Gasteiger partial charge in [-0.3, -0.25) is 0 Å². The zero-order valence-corrected chi connectivity index (χ0v) is 10.6. The van der Waals surface area contributed by atoms with Gasteiger partial charge in [0.05, 0.1) is 12.4 Å². The van der Waals surface area contributed by atoms with Crippen molar-refractivity contribution in [2.75, 3.05) is 0 Å². The van der Waals surface area contributed by atoms with E-state index in [1.165, 1.54) is 10.9 Å². The molecular formula is C16H15N2+. The highest BCUT2D eigenvalue weighted by Gasteiger charge is 2.16. The van der Waals surface area contributed by atoms with Gasteiger partial charge in [0, 0.05) is 12.5 Å². The van der Waals surface area contributed by atoms with E-state index < -0.39 is 0 Å². The van der Waals surface area contributed by atoms with Gasteiger partial charge >= 0.3 is 0 Å². The van der Waals surface area contributed by atoms with Crippen LogP contribution < -0.4 is 4.57 Å². The number of rotatable bonds is 1. The average Bonchev–Trinajstić information content (AvgIpc) is 2.44. The van der Waals surface area contributed by atoms with Crippen molar-refractivity contribution in [2.45, 2.75) is 6.92 Å². The van der Waals surface area contributed by atoms with Crippen LogP contribution in [0.3, 0.4) is 0 Å². The Morgan fingerprint density at radius 2 is 1.56 bits per heavy atom. The quantitative estimate of drug-likeness (QED) is 0.592. The maximum atomic E-state index is 4.73. The van der Waals surface area contributed by atoms with Crippen LogP contribution in [0.4, 0.5) is 0 Å². The molecule has 3 rings (SSSR count). The van der Waals surface area contributed by atoms with Gasteiger partial charge in [-0.1, -0.05) is 42.5 Å². The monoisotopic (exact) mass is 235 g/mol. The van der Waals surface area contributed by atoms with Crippen LogP contribution in [0, 0.1) is 6.92 Å². The molecule has 88 valence electrons. The van der Waals surface area contributed by atoms with E-state index in [-0.39, 0.29) is 0 Å². The highest BCUT2D eigenvalue weighted by atomic mass is 15.0. The van der Waals surface area contributed by atoms with Crippen LogP contribution in [0.25, 0.3) is 22.2 Å². The Kier molecular flexibility index (Phi) is 2.56. The summed E-state index contributed by atoms with van der Waals surface area (Å²) in [6.07, 6.45) is 0. The summed E-state index contributed by atoms with van der Waals surface area (Å²) in [6.45, 7) is 2.04. The third-order valence-corrected chi connectivity index (χ3v) is 3.33. The summed E-state index contributed by atoms with van der Waals surface area (Å²) in [7, 11) is 2.06. The van der Waals surface area contributed by atoms with E-state index in [9.17, 15) is 0 Å². The zero-order chi connectivity index (χ0) is 12.5. The minimum atomic E-state index is 1.02. The van der Waals surface area contributed by atoms with Gasteiger partial charge < -0.3 is 0 Å². The minimum Gasteiger partial charge on any atom is -0.230 e. The zero-order valence-electron chi connectivity index (χ0n) is 10.6. The number of fused-ring (bicyclic) bond motifs is 1. The fourth-order valence-corrected chi connectivity index (χ4v) is 2.25. The van der Waals surface area contributed by atoms with Crippen molar-refractivity contribution in [2.24, 2.45) is 7.05 Å². The Morgan fingerprint density at radius 3 is 2.33 bits per heavy atom. The van der Waals surface area contributed by atoms with Crippen LogP contribution in [-0.4, -0.2) is 4.98 Å². The summed E-state index contributed by atoms with van der Waals surface area (Å²) in [6, 6.07) is 18.7. The van der Waals surface area contributed by atoms with Crippen molar-refractivity contribution >= 4 is 10.9 Å². The lowest BCUT2D eigenvalue weighted by molar-refractivity contribution is -0.654. The lowest BCUT2D eigenvalue weighted by atomic mass is 10.1. The van der Waals surface area contributed by atoms with Crippen molar-refractivity contribution in [3.8, 4) is 11.3 Å². The highest BCUT2D eigenvalue weighted by molar-refractivity contribution is 5.90. The summed E-state index contributed by atoms with van der Waals surface area (Å²) < 4.78 is 2.13. The largest absolute Gasteiger partial charge is 0.296 e. The molecule has 1 aromatic heterocycles. The number of benzene rings is 2. The fourth-order valence-electron chi connectivity index (χ4n) is 2.25. The van der Waals surface area contributed by atoms with E-state index >= 15 is 0 Å². The highest BCUT2D eigenvalue weighted by Crippen LogP contribution is 2.24. The number of hydrogen-bond acceptors (Lipinski definition) is 1. The van der Waals surface area contributed by atoms with Crippen LogP contribution >= 0.6 is 0 Å². The van der Waals surface area contributed by atoms with Crippen LogP contribution in [0.2, 0.25) is 0 Å². The van der Waals surface area contributed by atoms with Gasteiger partial charge in [0.15, 0.2) is 5.69 Å². The Hall–Kier alpha value is -2.22. The lowest BCUT2D eigenvalue weighted by Crippen LogP contribution is -2.34. The molecule has 0 N–H and O–H groups in total. The molecule has 0 saturated carbocycles. The lowest BCUT2D eigenvalue weighted by Gasteiger charge is -2.04. The smallest absolute Gasteiger partial charge is 0.230 e. The van der Waals surface area contributed by atoms with Crippen molar-refractivity contribution < 1.29 is 4.57 Å². The molecule has 0 aliphatic carbocycles. The summed E-state index contributed by atoms with van der Waals surface area (Å²) in [5.74, 6) is 1.02. The van der Waals surface area contributed by atoms with Crippen LogP contribution in [0.5, 0.6) is 0 Å². The van der Waals surface area contributed by atoms with Crippen LogP contribution in [0.15, 0.2) is 54.6 Å². The third kappa shape index (κ3) is 1.66. The molecule has 18 heavy (non-hydrogen) atoms. The van der Waals surface area contributed by atoms with E-state index in [1.807, 2.05) is 25.1 Å². The maximum absolute atomic E-state index is 4.73. The van der Waals surface area contributed by atoms with Gasteiger partial charge in [-0.15, -0.1) is 0 Å². The number of para-hydroxylation sites is 1. The van der Waals surface area contributed by atoms with Crippen molar-refractivity contribution in [3.63, 3.8) is 0 Å². The molecular weight excluding hydrogens is 220 g/mol. The predicted octanol–water partition coefficient (Wildman–Crippen LogP) is 3.03. The topological polar surface area (TPSA) is 16.8 Å². The van der Waals surface area contributed by atoms with Gasteiger partial charge in [-0.2, -0.15) is 0 Å². The molecule has 0 bridgehead atoms. The maximum Gasteiger partial charge on any atom is 0.296 e. The first-order valence-electron chi connectivity index (χ1n) is 6.08. The molecule has 2 aromatic carbocycles. The van der Waals surface area contributed by atoms with Gasteiger partial charge in [0.2, 0.25) is 0 Å². The summed E-state index contributed by atoms with van der Waals surface area (Å²) in [5.41, 5.74) is 3.43. The molecule has 0 unspecified atom stereocenters. The molecule has 0 atom stereocenters. The minimum absolute atomic E-state index is 1.02. The SMILES string of the molecule is Cc1nc(-c2ccccc2)c2ccccc2[n+]1C. The summed E-state index contributed by atoms with van der Waals surface area (Å²) in [5, 5.41) is 1.19. The Morgan fingerprint density at radius 1 is 0.889 bits per heavy atom. The van der Waals surface area contributed by atoms with E-state index in [0.717, 1.165) is 17.1 Å². The van der Waals surface area contributed by atoms with E-state index in [1.54, 1.807) is 0 Å². The molecule has 0 aliphatic heterocycles. The van der Waals surface area contributed by atoms with Gasteiger partial charge in [-0.25, -0.2) is 4.57 Å². The molecule has 1 heterocycles. The van der Waals surface area contributed by atoms with Crippen LogP contribution in [-0.2, 0) is 7.05 Å². The molecule has 0 saturated heterocycles. The number of aromatic nitrogens is 2. The molecule has 0 fully saturated rings. The van der Waals surface area contributed by atoms with E-state index in [0.29, 0.717) is 0 Å². The number of nitrogens with zero attached hydrogens (tertiary/aromatic N) is 2. The normalized spacial score (nSPS) is 10.8. The number of hydrogen-bond donors (Lipinski definition) is 0. The van der Waals surface area contributed by atoms with Crippen LogP contribution in [0.1, 0.15) is 5.82 Å². The molecule has 2 heteroatoms. The molecule has 3 aromatic rings. The van der Waals surface area contributed by atoms with Gasteiger partial charge in [-0.05, 0) is 17.1 Å². The standard InChI is InChI=1S/C16H15N2/c1-12-17-16(13-8-4-3-5-9-13)14-10-6-7-11-15(14)18(12)2/h3-11H,1-2H3/q+1. The number of aryl methyl sites for hydroxylation is 2. The second kappa shape index (κ2) is 4.22. The predicted molar refractivity (Wildman–Crippen MR) is 73.1 cm³/mol. The second-order valence-electron chi connectivity index (χ2n) is 4.45. The van der Waals surface area contributed by atoms with E-state index in [2.05, 4.69) is 48.0 Å². The fraction of sp³-hybridized carbons (Fsp3) is 0.125. The Balaban J connectivity index is 2.40. The van der Waals surface area contributed by atoms with E-state index in [4.69, 9.17) is 4.98 Å². The molecule has 2 nitrogen and oxygen atoms in total. The summed E-state index contributed by atoms with van der Waals surface area (Å²) in [4.78, 5) is 4.73. The first kappa shape index (κ1) is 10.9.